The Morgan fingerprint density at radius 1 is 1.03 bits per heavy atom. The zero-order valence-electron chi connectivity index (χ0n) is 19.3. The lowest BCUT2D eigenvalue weighted by atomic mass is 9.98. The van der Waals surface area contributed by atoms with Crippen LogP contribution in [0, 0.1) is 19.3 Å². The quantitative estimate of drug-likeness (QED) is 0.407. The van der Waals surface area contributed by atoms with Crippen molar-refractivity contribution in [2.24, 2.45) is 0 Å². The van der Waals surface area contributed by atoms with Crippen LogP contribution in [0.25, 0.3) is 11.1 Å². The molecule has 5 rings (SSSR count). The highest BCUT2D eigenvalue weighted by atomic mass is 32.1. The third-order valence-electron chi connectivity index (χ3n) is 7.06. The van der Waals surface area contributed by atoms with Crippen LogP contribution in [-0.4, -0.2) is 43.8 Å². The molecule has 4 nitrogen and oxygen atoms in total. The number of fused-ring (bicyclic) bond motifs is 3. The number of terminal acetylenes is 1. The molecule has 3 aromatic carbocycles. The van der Waals surface area contributed by atoms with Gasteiger partial charge in [-0.15, -0.1) is 6.42 Å². The lowest BCUT2D eigenvalue weighted by Crippen LogP contribution is -2.49. The molecule has 0 spiro atoms. The van der Waals surface area contributed by atoms with Gasteiger partial charge in [-0.25, -0.2) is 4.79 Å². The Balaban J connectivity index is 1.23. The lowest BCUT2D eigenvalue weighted by molar-refractivity contribution is 0.0977. The van der Waals surface area contributed by atoms with E-state index in [0.29, 0.717) is 25.4 Å². The third-order valence-corrected chi connectivity index (χ3v) is 7.41. The minimum Gasteiger partial charge on any atom is -0.448 e. The number of benzene rings is 3. The first-order valence-corrected chi connectivity index (χ1v) is 12.3. The molecule has 5 heteroatoms. The van der Waals surface area contributed by atoms with Gasteiger partial charge >= 0.3 is 6.09 Å². The van der Waals surface area contributed by atoms with E-state index < -0.39 is 0 Å². The Morgan fingerprint density at radius 2 is 1.65 bits per heavy atom. The minimum absolute atomic E-state index is 0.0760. The van der Waals surface area contributed by atoms with Crippen LogP contribution in [0.3, 0.4) is 0 Å². The summed E-state index contributed by atoms with van der Waals surface area (Å²) in [5.74, 6) is 3.51. The summed E-state index contributed by atoms with van der Waals surface area (Å²) in [6.07, 6.45) is 5.47. The SMILES string of the molecule is C#Cc1cc(N2CCN(C(=O)OCC3c4ccccc4-c4ccccc43)CC2)cc(CS)c1C. The van der Waals surface area contributed by atoms with E-state index in [0.717, 1.165) is 35.5 Å². The van der Waals surface area contributed by atoms with Crippen molar-refractivity contribution in [2.45, 2.75) is 18.6 Å². The number of hydrogen-bond acceptors (Lipinski definition) is 4. The number of rotatable bonds is 4. The molecule has 1 amide bonds. The fraction of sp³-hybridized carbons (Fsp3) is 0.276. The smallest absolute Gasteiger partial charge is 0.409 e. The van der Waals surface area contributed by atoms with Gasteiger partial charge in [0.2, 0.25) is 0 Å². The highest BCUT2D eigenvalue weighted by Crippen LogP contribution is 2.44. The molecule has 34 heavy (non-hydrogen) atoms. The van der Waals surface area contributed by atoms with E-state index in [4.69, 9.17) is 11.2 Å². The Bertz CT molecular complexity index is 1230. The Hall–Kier alpha value is -3.36. The third kappa shape index (κ3) is 4.03. The molecule has 3 aromatic rings. The van der Waals surface area contributed by atoms with Gasteiger partial charge in [0.25, 0.3) is 0 Å². The summed E-state index contributed by atoms with van der Waals surface area (Å²) in [6.45, 7) is 5.10. The van der Waals surface area contributed by atoms with Crippen LogP contribution in [0.2, 0.25) is 0 Å². The van der Waals surface area contributed by atoms with Crippen molar-refractivity contribution in [1.29, 1.82) is 0 Å². The van der Waals surface area contributed by atoms with Crippen molar-refractivity contribution >= 4 is 24.4 Å². The van der Waals surface area contributed by atoms with E-state index >= 15 is 0 Å². The van der Waals surface area contributed by atoms with E-state index in [1.165, 1.54) is 22.3 Å². The number of nitrogens with zero attached hydrogens (tertiary/aromatic N) is 2. The van der Waals surface area contributed by atoms with Crippen molar-refractivity contribution in [2.75, 3.05) is 37.7 Å². The minimum atomic E-state index is -0.245. The summed E-state index contributed by atoms with van der Waals surface area (Å²) in [6, 6.07) is 21.0. The number of piperazine rings is 1. The summed E-state index contributed by atoms with van der Waals surface area (Å²) in [5.41, 5.74) is 9.17. The van der Waals surface area contributed by atoms with Gasteiger partial charge in [0.05, 0.1) is 0 Å². The summed E-state index contributed by atoms with van der Waals surface area (Å²) < 4.78 is 5.84. The van der Waals surface area contributed by atoms with Gasteiger partial charge in [-0.05, 0) is 52.4 Å². The van der Waals surface area contributed by atoms with E-state index in [-0.39, 0.29) is 12.0 Å². The van der Waals surface area contributed by atoms with Crippen molar-refractivity contribution in [3.63, 3.8) is 0 Å². The topological polar surface area (TPSA) is 32.8 Å². The van der Waals surface area contributed by atoms with Gasteiger partial charge in [-0.3, -0.25) is 0 Å². The average Bonchev–Trinajstić information content (AvgIpc) is 3.21. The monoisotopic (exact) mass is 468 g/mol. The second-order valence-electron chi connectivity index (χ2n) is 8.86. The molecule has 2 aliphatic rings. The van der Waals surface area contributed by atoms with E-state index in [9.17, 15) is 4.79 Å². The average molecular weight is 469 g/mol. The molecule has 0 saturated carbocycles. The fourth-order valence-corrected chi connectivity index (χ4v) is 5.42. The molecular formula is C29H28N2O2S. The molecule has 0 atom stereocenters. The maximum atomic E-state index is 12.9. The fourth-order valence-electron chi connectivity index (χ4n) is 5.09. The van der Waals surface area contributed by atoms with Crippen molar-refractivity contribution < 1.29 is 9.53 Å². The van der Waals surface area contributed by atoms with Crippen molar-refractivity contribution in [3.8, 4) is 23.5 Å². The highest BCUT2D eigenvalue weighted by Gasteiger charge is 2.30. The molecule has 0 unspecified atom stereocenters. The number of thiol groups is 1. The van der Waals surface area contributed by atoms with Crippen LogP contribution in [0.5, 0.6) is 0 Å². The summed E-state index contributed by atoms with van der Waals surface area (Å²) in [7, 11) is 0. The van der Waals surface area contributed by atoms with E-state index in [2.05, 4.69) is 84.1 Å². The molecule has 0 radical (unpaired) electrons. The van der Waals surface area contributed by atoms with E-state index in [1.54, 1.807) is 4.90 Å². The largest absolute Gasteiger partial charge is 0.448 e. The van der Waals surface area contributed by atoms with Gasteiger partial charge in [0.15, 0.2) is 0 Å². The van der Waals surface area contributed by atoms with Gasteiger partial charge in [0.1, 0.15) is 6.61 Å². The van der Waals surface area contributed by atoms with Crippen LogP contribution in [0.15, 0.2) is 60.7 Å². The molecule has 172 valence electrons. The molecule has 1 saturated heterocycles. The summed E-state index contributed by atoms with van der Waals surface area (Å²) in [4.78, 5) is 17.0. The zero-order valence-corrected chi connectivity index (χ0v) is 20.2. The second kappa shape index (κ2) is 9.48. The van der Waals surface area contributed by atoms with Crippen LogP contribution in [0.4, 0.5) is 10.5 Å². The molecular weight excluding hydrogens is 440 g/mol. The molecule has 0 bridgehead atoms. The zero-order chi connectivity index (χ0) is 23.7. The lowest BCUT2D eigenvalue weighted by Gasteiger charge is -2.36. The van der Waals surface area contributed by atoms with Gasteiger partial charge in [-0.2, -0.15) is 12.6 Å². The molecule has 1 aliphatic carbocycles. The van der Waals surface area contributed by atoms with Crippen molar-refractivity contribution in [3.05, 3.63) is 88.5 Å². The maximum Gasteiger partial charge on any atom is 0.409 e. The van der Waals surface area contributed by atoms with Crippen LogP contribution in [-0.2, 0) is 10.5 Å². The standard InChI is InChI=1S/C29H28N2O2S/c1-3-21-16-23(17-22(19-34)20(21)2)30-12-14-31(15-13-30)29(32)33-18-28-26-10-6-4-8-24(26)25-9-5-7-11-27(25)28/h1,4-11,16-17,28,34H,12-15,18-19H2,2H3. The molecule has 1 aliphatic heterocycles. The Morgan fingerprint density at radius 3 is 2.24 bits per heavy atom. The van der Waals surface area contributed by atoms with Crippen molar-refractivity contribution in [1.82, 2.24) is 4.90 Å². The van der Waals surface area contributed by atoms with Crippen LogP contribution < -0.4 is 4.90 Å². The summed E-state index contributed by atoms with van der Waals surface area (Å²) in [5, 5.41) is 0. The number of hydrogen-bond donors (Lipinski definition) is 1. The number of ether oxygens (including phenoxy) is 1. The molecule has 0 aromatic heterocycles. The van der Waals surface area contributed by atoms with Crippen LogP contribution in [0.1, 0.15) is 33.7 Å². The van der Waals surface area contributed by atoms with E-state index in [1.807, 2.05) is 6.92 Å². The first-order valence-electron chi connectivity index (χ1n) is 11.7. The van der Waals surface area contributed by atoms with Gasteiger partial charge in [-0.1, -0.05) is 54.5 Å². The number of amides is 1. The summed E-state index contributed by atoms with van der Waals surface area (Å²) >= 11 is 4.46. The Kier molecular flexibility index (Phi) is 6.26. The first-order chi connectivity index (χ1) is 16.6. The highest BCUT2D eigenvalue weighted by molar-refractivity contribution is 7.79. The molecule has 0 N–H and O–H groups in total. The molecule has 1 heterocycles. The number of carbonyl (C=O) groups excluding carboxylic acids is 1. The molecule has 1 fully saturated rings. The van der Waals surface area contributed by atoms with Crippen LogP contribution >= 0.6 is 12.6 Å². The number of carbonyl (C=O) groups is 1. The predicted octanol–water partition coefficient (Wildman–Crippen LogP) is 5.48. The maximum absolute atomic E-state index is 12.9. The van der Waals surface area contributed by atoms with Gasteiger partial charge < -0.3 is 14.5 Å². The Labute approximate surface area is 206 Å². The first kappa shape index (κ1) is 22.4. The normalized spacial score (nSPS) is 15.0. The number of anilines is 1. The predicted molar refractivity (Wildman–Crippen MR) is 141 cm³/mol. The van der Waals surface area contributed by atoms with Gasteiger partial charge in [0, 0.05) is 49.1 Å². The second-order valence-corrected chi connectivity index (χ2v) is 9.17.